The minimum absolute atomic E-state index is 0. The van der Waals surface area contributed by atoms with E-state index >= 15 is 0 Å². The Kier molecular flexibility index (Phi) is 3.01. The van der Waals surface area contributed by atoms with Crippen molar-refractivity contribution in [3.63, 3.8) is 0 Å². The molecular formula is C6H8N2O3. The first-order valence-electron chi connectivity index (χ1n) is 2.64. The van der Waals surface area contributed by atoms with Crippen LogP contribution in [0.3, 0.4) is 0 Å². The lowest BCUT2D eigenvalue weighted by molar-refractivity contribution is 0.0698. The molecule has 1 rings (SSSR count). The summed E-state index contributed by atoms with van der Waals surface area (Å²) < 4.78 is 0. The molecule has 0 aliphatic carbocycles. The Bertz CT molecular complexity index is 262. The van der Waals surface area contributed by atoms with E-state index in [-0.39, 0.29) is 16.7 Å². The molecule has 0 spiro atoms. The van der Waals surface area contributed by atoms with Gasteiger partial charge < -0.3 is 16.3 Å². The van der Waals surface area contributed by atoms with Crippen molar-refractivity contribution in [3.05, 3.63) is 24.0 Å². The molecule has 11 heavy (non-hydrogen) atoms. The summed E-state index contributed by atoms with van der Waals surface area (Å²) in [6.45, 7) is 0. The number of carbonyl (C=O) groups is 1. The Morgan fingerprint density at radius 1 is 1.64 bits per heavy atom. The van der Waals surface area contributed by atoms with Crippen LogP contribution in [0, 0.1) is 0 Å². The standard InChI is InChI=1S/C6H6N2O2.H2O/c7-5-3-8-2-1-4(5)6(9)10;/h1-3H,7H2,(H,9,10);1H2. The van der Waals surface area contributed by atoms with Crippen molar-refractivity contribution >= 4 is 11.7 Å². The molecule has 0 bridgehead atoms. The molecule has 5 N–H and O–H groups in total. The number of pyridine rings is 1. The van der Waals surface area contributed by atoms with Gasteiger partial charge in [-0.05, 0) is 6.07 Å². The van der Waals surface area contributed by atoms with Crippen molar-refractivity contribution in [2.24, 2.45) is 0 Å². The summed E-state index contributed by atoms with van der Waals surface area (Å²) in [6.07, 6.45) is 2.70. The molecular weight excluding hydrogens is 148 g/mol. The number of nitrogens with two attached hydrogens (primary N) is 1. The normalized spacial score (nSPS) is 8.36. The van der Waals surface area contributed by atoms with E-state index in [1.165, 1.54) is 18.5 Å². The number of carboxylic acids is 1. The van der Waals surface area contributed by atoms with E-state index in [2.05, 4.69) is 4.98 Å². The molecule has 0 aliphatic heterocycles. The average Bonchev–Trinajstić information content (AvgIpc) is 1.88. The summed E-state index contributed by atoms with van der Waals surface area (Å²) in [4.78, 5) is 14.0. The van der Waals surface area contributed by atoms with Gasteiger partial charge in [0.25, 0.3) is 0 Å². The zero-order valence-electron chi connectivity index (χ0n) is 5.61. The van der Waals surface area contributed by atoms with E-state index < -0.39 is 5.97 Å². The smallest absolute Gasteiger partial charge is 0.337 e. The maximum Gasteiger partial charge on any atom is 0.337 e. The maximum absolute atomic E-state index is 10.3. The second-order valence-electron chi connectivity index (χ2n) is 1.77. The van der Waals surface area contributed by atoms with Gasteiger partial charge in [0.15, 0.2) is 0 Å². The highest BCUT2D eigenvalue weighted by atomic mass is 16.4. The van der Waals surface area contributed by atoms with Gasteiger partial charge in [0, 0.05) is 6.20 Å². The van der Waals surface area contributed by atoms with Crippen LogP contribution in [0.1, 0.15) is 10.4 Å². The summed E-state index contributed by atoms with van der Waals surface area (Å²) in [5.41, 5.74) is 5.56. The van der Waals surface area contributed by atoms with Gasteiger partial charge in [0.1, 0.15) is 0 Å². The van der Waals surface area contributed by atoms with Crippen LogP contribution in [-0.2, 0) is 0 Å². The number of rotatable bonds is 1. The molecule has 1 heterocycles. The van der Waals surface area contributed by atoms with Crippen molar-refractivity contribution in [2.45, 2.75) is 0 Å². The molecule has 0 aromatic carbocycles. The molecule has 0 amide bonds. The van der Waals surface area contributed by atoms with Crippen LogP contribution in [0.2, 0.25) is 0 Å². The van der Waals surface area contributed by atoms with Crippen LogP contribution in [0.15, 0.2) is 18.5 Å². The third-order valence-electron chi connectivity index (χ3n) is 1.08. The number of hydrogen-bond donors (Lipinski definition) is 2. The summed E-state index contributed by atoms with van der Waals surface area (Å²) in [5, 5.41) is 8.46. The van der Waals surface area contributed by atoms with Gasteiger partial charge in [-0.25, -0.2) is 4.79 Å². The Balaban J connectivity index is 0.000001000. The highest BCUT2D eigenvalue weighted by Crippen LogP contribution is 2.06. The van der Waals surface area contributed by atoms with Crippen molar-refractivity contribution in [2.75, 3.05) is 5.73 Å². The van der Waals surface area contributed by atoms with Crippen LogP contribution in [0.5, 0.6) is 0 Å². The second kappa shape index (κ2) is 3.52. The molecule has 0 saturated carbocycles. The second-order valence-corrected chi connectivity index (χ2v) is 1.77. The Labute approximate surface area is 62.8 Å². The minimum atomic E-state index is -1.03. The van der Waals surface area contributed by atoms with Crippen LogP contribution < -0.4 is 5.73 Å². The molecule has 0 fully saturated rings. The van der Waals surface area contributed by atoms with Crippen LogP contribution in [0.25, 0.3) is 0 Å². The first-order chi connectivity index (χ1) is 4.72. The molecule has 0 atom stereocenters. The molecule has 0 radical (unpaired) electrons. The zero-order chi connectivity index (χ0) is 7.56. The van der Waals surface area contributed by atoms with E-state index in [4.69, 9.17) is 10.8 Å². The fourth-order valence-corrected chi connectivity index (χ4v) is 0.601. The van der Waals surface area contributed by atoms with Gasteiger partial charge in [-0.2, -0.15) is 0 Å². The zero-order valence-corrected chi connectivity index (χ0v) is 5.61. The van der Waals surface area contributed by atoms with E-state index in [0.717, 1.165) is 0 Å². The monoisotopic (exact) mass is 156 g/mol. The first-order valence-corrected chi connectivity index (χ1v) is 2.64. The van der Waals surface area contributed by atoms with Crippen LogP contribution in [0.4, 0.5) is 5.69 Å². The average molecular weight is 156 g/mol. The van der Waals surface area contributed by atoms with Crippen molar-refractivity contribution in [3.8, 4) is 0 Å². The number of carboxylic acid groups (broad SMARTS) is 1. The Morgan fingerprint density at radius 3 is 2.64 bits per heavy atom. The lowest BCUT2D eigenvalue weighted by Gasteiger charge is -1.95. The molecule has 5 nitrogen and oxygen atoms in total. The number of hydrogen-bond acceptors (Lipinski definition) is 3. The quantitative estimate of drug-likeness (QED) is 0.573. The molecule has 1 aromatic heterocycles. The summed E-state index contributed by atoms with van der Waals surface area (Å²) in [5.74, 6) is -1.03. The van der Waals surface area contributed by atoms with Gasteiger partial charge in [0.05, 0.1) is 17.4 Å². The molecule has 0 aliphatic rings. The number of nitrogens with zero attached hydrogens (tertiary/aromatic N) is 1. The number of nitrogen functional groups attached to an aromatic ring is 1. The number of anilines is 1. The third-order valence-corrected chi connectivity index (χ3v) is 1.08. The summed E-state index contributed by atoms with van der Waals surface area (Å²) >= 11 is 0. The molecule has 0 unspecified atom stereocenters. The predicted molar refractivity (Wildman–Crippen MR) is 39.2 cm³/mol. The van der Waals surface area contributed by atoms with E-state index in [0.29, 0.717) is 0 Å². The Hall–Kier alpha value is -1.62. The van der Waals surface area contributed by atoms with Crippen LogP contribution >= 0.6 is 0 Å². The SMILES string of the molecule is Nc1cnccc1C(=O)O.O. The van der Waals surface area contributed by atoms with Gasteiger partial charge in [-0.1, -0.05) is 0 Å². The minimum Gasteiger partial charge on any atom is -0.478 e. The largest absolute Gasteiger partial charge is 0.478 e. The van der Waals surface area contributed by atoms with Crippen molar-refractivity contribution < 1.29 is 15.4 Å². The lowest BCUT2D eigenvalue weighted by Crippen LogP contribution is -2.01. The van der Waals surface area contributed by atoms with E-state index in [1.54, 1.807) is 0 Å². The first kappa shape index (κ1) is 9.38. The van der Waals surface area contributed by atoms with E-state index in [1.807, 2.05) is 0 Å². The van der Waals surface area contributed by atoms with Crippen LogP contribution in [-0.4, -0.2) is 21.5 Å². The lowest BCUT2D eigenvalue weighted by atomic mass is 10.2. The molecule has 5 heteroatoms. The highest BCUT2D eigenvalue weighted by Gasteiger charge is 2.04. The van der Waals surface area contributed by atoms with Gasteiger partial charge in [-0.15, -0.1) is 0 Å². The number of aromatic carboxylic acids is 1. The van der Waals surface area contributed by atoms with Crippen molar-refractivity contribution in [1.29, 1.82) is 0 Å². The number of aromatic nitrogens is 1. The topological polar surface area (TPSA) is 108 Å². The Morgan fingerprint density at radius 2 is 2.27 bits per heavy atom. The molecule has 1 aromatic rings. The van der Waals surface area contributed by atoms with Gasteiger partial charge >= 0.3 is 5.97 Å². The summed E-state index contributed by atoms with van der Waals surface area (Å²) in [6, 6.07) is 1.36. The fraction of sp³-hybridized carbons (Fsp3) is 0. The summed E-state index contributed by atoms with van der Waals surface area (Å²) in [7, 11) is 0. The third kappa shape index (κ3) is 1.91. The highest BCUT2D eigenvalue weighted by molar-refractivity contribution is 5.93. The van der Waals surface area contributed by atoms with Gasteiger partial charge in [0.2, 0.25) is 0 Å². The predicted octanol–water partition coefficient (Wildman–Crippen LogP) is -0.463. The fourth-order valence-electron chi connectivity index (χ4n) is 0.601. The molecule has 60 valence electrons. The van der Waals surface area contributed by atoms with Gasteiger partial charge in [-0.3, -0.25) is 4.98 Å². The molecule has 0 saturated heterocycles. The van der Waals surface area contributed by atoms with Crippen molar-refractivity contribution in [1.82, 2.24) is 4.98 Å². The maximum atomic E-state index is 10.3. The van der Waals surface area contributed by atoms with E-state index in [9.17, 15) is 4.79 Å².